The lowest BCUT2D eigenvalue weighted by atomic mass is 9.86. The molecule has 146 valence electrons. The fourth-order valence-corrected chi connectivity index (χ4v) is 3.70. The zero-order chi connectivity index (χ0) is 18.8. The minimum Gasteiger partial charge on any atom is -0.357 e. The monoisotopic (exact) mass is 400 g/mol. The van der Waals surface area contributed by atoms with Gasteiger partial charge in [0, 0.05) is 24.7 Å². The predicted octanol–water partition coefficient (Wildman–Crippen LogP) is 2.16. The summed E-state index contributed by atoms with van der Waals surface area (Å²) in [5.41, 5.74) is 1.18. The van der Waals surface area contributed by atoms with Crippen LogP contribution in [-0.4, -0.2) is 46.3 Å². The normalized spacial score (nSPS) is 15.5. The van der Waals surface area contributed by atoms with E-state index in [0.29, 0.717) is 25.0 Å². The van der Waals surface area contributed by atoms with Crippen molar-refractivity contribution in [3.63, 3.8) is 0 Å². The van der Waals surface area contributed by atoms with Gasteiger partial charge in [0.15, 0.2) is 5.96 Å². The Morgan fingerprint density at radius 3 is 2.58 bits per heavy atom. The molecule has 1 aromatic rings. The number of halogens is 1. The molecule has 0 spiro atoms. The molecule has 1 aromatic carbocycles. The van der Waals surface area contributed by atoms with Gasteiger partial charge in [-0.1, -0.05) is 30.2 Å². The zero-order valence-corrected chi connectivity index (χ0v) is 16.9. The minimum absolute atomic E-state index is 0.00742. The molecule has 0 amide bonds. The van der Waals surface area contributed by atoms with E-state index < -0.39 is 10.0 Å². The van der Waals surface area contributed by atoms with Gasteiger partial charge in [0.05, 0.1) is 12.3 Å². The first-order valence-corrected chi connectivity index (χ1v) is 11.3. The molecule has 0 bridgehead atoms. The Kier molecular flexibility index (Phi) is 8.68. The Bertz CT molecular complexity index is 673. The maximum absolute atomic E-state index is 12.0. The van der Waals surface area contributed by atoms with Gasteiger partial charge in [0.1, 0.15) is 0 Å². The third kappa shape index (κ3) is 7.93. The summed E-state index contributed by atoms with van der Waals surface area (Å²) in [6.45, 7) is 4.20. The highest BCUT2D eigenvalue weighted by atomic mass is 35.5. The van der Waals surface area contributed by atoms with E-state index in [1.54, 1.807) is 0 Å². The van der Waals surface area contributed by atoms with Crippen molar-refractivity contribution in [3.8, 4) is 0 Å². The number of aliphatic imine (C=N–C) groups is 1. The van der Waals surface area contributed by atoms with Gasteiger partial charge in [-0.15, -0.1) is 0 Å². The van der Waals surface area contributed by atoms with Gasteiger partial charge < -0.3 is 10.6 Å². The standard InChI is InChI=1S/C18H29ClN4O2S/c1-2-20-18(21-11-10-15-6-8-17(19)9-7-15)22-12-13-26(24,25)23-14-16-4-3-5-16/h6-9,16,23H,2-5,10-14H2,1H3,(H2,20,21,22). The summed E-state index contributed by atoms with van der Waals surface area (Å²) in [4.78, 5) is 4.36. The lowest BCUT2D eigenvalue weighted by Gasteiger charge is -2.25. The maximum atomic E-state index is 12.0. The fraction of sp³-hybridized carbons (Fsp3) is 0.611. The number of rotatable bonds is 10. The van der Waals surface area contributed by atoms with Crippen molar-refractivity contribution in [2.75, 3.05) is 31.9 Å². The molecule has 1 saturated carbocycles. The van der Waals surface area contributed by atoms with Crippen molar-refractivity contribution in [1.82, 2.24) is 15.4 Å². The average Bonchev–Trinajstić information content (AvgIpc) is 2.55. The Labute approximate surface area is 161 Å². The first-order chi connectivity index (χ1) is 12.5. The van der Waals surface area contributed by atoms with Crippen molar-refractivity contribution < 1.29 is 8.42 Å². The summed E-state index contributed by atoms with van der Waals surface area (Å²) in [6, 6.07) is 7.73. The highest BCUT2D eigenvalue weighted by molar-refractivity contribution is 7.89. The average molecular weight is 401 g/mol. The Balaban J connectivity index is 1.73. The molecule has 26 heavy (non-hydrogen) atoms. The fourth-order valence-electron chi connectivity index (χ4n) is 2.61. The lowest BCUT2D eigenvalue weighted by Crippen LogP contribution is -2.39. The summed E-state index contributed by atoms with van der Waals surface area (Å²) < 4.78 is 26.7. The molecule has 6 nitrogen and oxygen atoms in total. The summed E-state index contributed by atoms with van der Waals surface area (Å²) in [7, 11) is -3.26. The van der Waals surface area contributed by atoms with E-state index in [4.69, 9.17) is 11.6 Å². The quantitative estimate of drug-likeness (QED) is 0.415. The van der Waals surface area contributed by atoms with E-state index in [-0.39, 0.29) is 12.3 Å². The van der Waals surface area contributed by atoms with Gasteiger partial charge in [-0.05, 0) is 49.8 Å². The number of hydrogen-bond acceptors (Lipinski definition) is 3. The molecule has 0 heterocycles. The number of nitrogens with one attached hydrogen (secondary N) is 3. The van der Waals surface area contributed by atoms with Crippen LogP contribution < -0.4 is 15.4 Å². The summed E-state index contributed by atoms with van der Waals surface area (Å²) in [6.07, 6.45) is 4.30. The first-order valence-electron chi connectivity index (χ1n) is 9.22. The van der Waals surface area contributed by atoms with Crippen molar-refractivity contribution in [3.05, 3.63) is 34.9 Å². The molecule has 8 heteroatoms. The van der Waals surface area contributed by atoms with Crippen LogP contribution in [0, 0.1) is 5.92 Å². The number of nitrogens with zero attached hydrogens (tertiary/aromatic N) is 1. The zero-order valence-electron chi connectivity index (χ0n) is 15.3. The SMILES string of the molecule is CCNC(=NCCS(=O)(=O)NCC1CCC1)NCCc1ccc(Cl)cc1. The molecule has 2 rings (SSSR count). The van der Waals surface area contributed by atoms with E-state index in [1.165, 1.54) is 12.0 Å². The largest absolute Gasteiger partial charge is 0.357 e. The lowest BCUT2D eigenvalue weighted by molar-refractivity contribution is 0.316. The van der Waals surface area contributed by atoms with E-state index >= 15 is 0 Å². The van der Waals surface area contributed by atoms with E-state index in [2.05, 4.69) is 20.3 Å². The third-order valence-corrected chi connectivity index (χ3v) is 5.99. The van der Waals surface area contributed by atoms with Crippen LogP contribution in [0.4, 0.5) is 0 Å². The van der Waals surface area contributed by atoms with Crippen LogP contribution in [0.3, 0.4) is 0 Å². The summed E-state index contributed by atoms with van der Waals surface area (Å²) >= 11 is 5.88. The second-order valence-corrected chi connectivity index (χ2v) is 8.89. The molecule has 0 radical (unpaired) electrons. The van der Waals surface area contributed by atoms with Crippen LogP contribution in [0.15, 0.2) is 29.3 Å². The van der Waals surface area contributed by atoms with E-state index in [0.717, 1.165) is 30.8 Å². The molecular formula is C18H29ClN4O2S. The molecule has 1 aliphatic rings. The van der Waals surface area contributed by atoms with Crippen LogP contribution >= 0.6 is 11.6 Å². The molecule has 1 fully saturated rings. The Hall–Kier alpha value is -1.31. The topological polar surface area (TPSA) is 82.6 Å². The van der Waals surface area contributed by atoms with Crippen molar-refractivity contribution in [2.45, 2.75) is 32.6 Å². The second kappa shape index (κ2) is 10.7. The number of benzene rings is 1. The van der Waals surface area contributed by atoms with Gasteiger partial charge >= 0.3 is 0 Å². The molecule has 0 atom stereocenters. The minimum atomic E-state index is -3.26. The second-order valence-electron chi connectivity index (χ2n) is 6.53. The van der Waals surface area contributed by atoms with Crippen LogP contribution in [0.25, 0.3) is 0 Å². The molecule has 0 saturated heterocycles. The van der Waals surface area contributed by atoms with Gasteiger partial charge in [0.25, 0.3) is 0 Å². The Morgan fingerprint density at radius 1 is 1.23 bits per heavy atom. The van der Waals surface area contributed by atoms with Crippen LogP contribution in [0.5, 0.6) is 0 Å². The third-order valence-electron chi connectivity index (χ3n) is 4.41. The number of hydrogen-bond donors (Lipinski definition) is 3. The van der Waals surface area contributed by atoms with Crippen LogP contribution in [0.2, 0.25) is 5.02 Å². The van der Waals surface area contributed by atoms with Gasteiger partial charge in [-0.3, -0.25) is 4.99 Å². The van der Waals surface area contributed by atoms with E-state index in [1.807, 2.05) is 31.2 Å². The highest BCUT2D eigenvalue weighted by Gasteiger charge is 2.19. The highest BCUT2D eigenvalue weighted by Crippen LogP contribution is 2.25. The molecule has 0 aromatic heterocycles. The van der Waals surface area contributed by atoms with Gasteiger partial charge in [-0.2, -0.15) is 0 Å². The van der Waals surface area contributed by atoms with Crippen LogP contribution in [-0.2, 0) is 16.4 Å². The summed E-state index contributed by atoms with van der Waals surface area (Å²) in [5.74, 6) is 1.16. The molecule has 3 N–H and O–H groups in total. The smallest absolute Gasteiger partial charge is 0.213 e. The molecule has 0 aliphatic heterocycles. The molecule has 0 unspecified atom stereocenters. The Morgan fingerprint density at radius 2 is 1.96 bits per heavy atom. The van der Waals surface area contributed by atoms with Crippen molar-refractivity contribution in [2.24, 2.45) is 10.9 Å². The predicted molar refractivity (Wildman–Crippen MR) is 108 cm³/mol. The molecule has 1 aliphatic carbocycles. The van der Waals surface area contributed by atoms with Gasteiger partial charge in [0.2, 0.25) is 10.0 Å². The number of guanidine groups is 1. The van der Waals surface area contributed by atoms with Gasteiger partial charge in [-0.25, -0.2) is 13.1 Å². The number of sulfonamides is 1. The first kappa shape index (κ1) is 21.0. The summed E-state index contributed by atoms with van der Waals surface area (Å²) in [5, 5.41) is 7.09. The van der Waals surface area contributed by atoms with Crippen molar-refractivity contribution in [1.29, 1.82) is 0 Å². The van der Waals surface area contributed by atoms with E-state index in [9.17, 15) is 8.42 Å². The molecular weight excluding hydrogens is 372 g/mol. The van der Waals surface area contributed by atoms with Crippen LogP contribution in [0.1, 0.15) is 31.7 Å². The maximum Gasteiger partial charge on any atom is 0.213 e. The van der Waals surface area contributed by atoms with Crippen molar-refractivity contribution >= 4 is 27.6 Å².